The lowest BCUT2D eigenvalue weighted by molar-refractivity contribution is -0.117. The summed E-state index contributed by atoms with van der Waals surface area (Å²) in [5.74, 6) is -1.36. The fourth-order valence-electron chi connectivity index (χ4n) is 5.77. The molecule has 3 heterocycles. The quantitative estimate of drug-likeness (QED) is 0.296. The minimum atomic E-state index is -0.737. The number of anilines is 5. The van der Waals surface area contributed by atoms with Crippen LogP contribution in [0, 0.1) is 11.6 Å². The molecule has 1 aromatic heterocycles. The molecule has 2 aliphatic rings. The number of nitrogens with zero attached hydrogens (tertiary/aromatic N) is 5. The van der Waals surface area contributed by atoms with Gasteiger partial charge in [0.15, 0.2) is 5.82 Å². The molecule has 2 aliphatic heterocycles. The lowest BCUT2D eigenvalue weighted by Gasteiger charge is -2.32. The molecule has 0 spiro atoms. The van der Waals surface area contributed by atoms with Gasteiger partial charge in [-0.05, 0) is 76.3 Å². The average Bonchev–Trinajstić information content (AvgIpc) is 3.49. The highest BCUT2D eigenvalue weighted by Gasteiger charge is 2.34. The molecule has 5 rings (SSSR count). The zero-order valence-electron chi connectivity index (χ0n) is 24.4. The van der Waals surface area contributed by atoms with Crippen molar-refractivity contribution in [3.63, 3.8) is 0 Å². The minimum absolute atomic E-state index is 0.0601. The molecule has 2 N–H and O–H groups in total. The lowest BCUT2D eigenvalue weighted by Crippen LogP contribution is -2.40. The normalized spacial score (nSPS) is 16.7. The van der Waals surface area contributed by atoms with E-state index in [1.54, 1.807) is 15.9 Å². The molecule has 0 saturated carbocycles. The summed E-state index contributed by atoms with van der Waals surface area (Å²) in [6.07, 6.45) is 6.03. The molecular weight excluding hydrogens is 576 g/mol. The summed E-state index contributed by atoms with van der Waals surface area (Å²) in [6.45, 7) is 7.41. The molecule has 9 nitrogen and oxygen atoms in total. The van der Waals surface area contributed by atoms with Gasteiger partial charge in [0.2, 0.25) is 11.9 Å². The molecule has 0 radical (unpaired) electrons. The average molecular weight is 612 g/mol. The van der Waals surface area contributed by atoms with Crippen molar-refractivity contribution in [2.75, 3.05) is 53.2 Å². The van der Waals surface area contributed by atoms with Gasteiger partial charge in [0.05, 0.1) is 11.8 Å². The number of hydrogen-bond donors (Lipinski definition) is 2. The van der Waals surface area contributed by atoms with E-state index in [4.69, 9.17) is 11.6 Å². The smallest absolute Gasteiger partial charge is 0.256 e. The molecule has 0 bridgehead atoms. The molecule has 43 heavy (non-hydrogen) atoms. The van der Waals surface area contributed by atoms with Gasteiger partial charge in [-0.2, -0.15) is 4.98 Å². The Morgan fingerprint density at radius 3 is 2.40 bits per heavy atom. The van der Waals surface area contributed by atoms with Crippen molar-refractivity contribution in [1.29, 1.82) is 0 Å². The lowest BCUT2D eigenvalue weighted by atomic mass is 10.0. The molecule has 0 aliphatic carbocycles. The van der Waals surface area contributed by atoms with Crippen molar-refractivity contribution in [1.82, 2.24) is 14.9 Å². The number of piperidine rings is 1. The van der Waals surface area contributed by atoms with Crippen molar-refractivity contribution in [3.05, 3.63) is 64.8 Å². The molecule has 3 aromatic rings. The second-order valence-corrected chi connectivity index (χ2v) is 11.2. The Morgan fingerprint density at radius 2 is 1.70 bits per heavy atom. The summed E-state index contributed by atoms with van der Waals surface area (Å²) in [4.78, 5) is 41.6. The van der Waals surface area contributed by atoms with Gasteiger partial charge in [0, 0.05) is 55.9 Å². The topological polar surface area (TPSA) is 93.7 Å². The first-order chi connectivity index (χ1) is 20.8. The number of benzene rings is 2. The van der Waals surface area contributed by atoms with E-state index in [0.717, 1.165) is 56.2 Å². The van der Waals surface area contributed by atoms with Gasteiger partial charge in [-0.3, -0.25) is 9.59 Å². The maximum Gasteiger partial charge on any atom is 0.256 e. The van der Waals surface area contributed by atoms with Crippen molar-refractivity contribution in [2.45, 2.75) is 52.0 Å². The Bertz CT molecular complexity index is 1460. The van der Waals surface area contributed by atoms with Crippen LogP contribution in [0.5, 0.6) is 0 Å². The van der Waals surface area contributed by atoms with Crippen molar-refractivity contribution >= 4 is 52.2 Å². The zero-order valence-corrected chi connectivity index (χ0v) is 25.1. The van der Waals surface area contributed by atoms with Crippen LogP contribution in [-0.4, -0.2) is 65.4 Å². The van der Waals surface area contributed by atoms with Crippen molar-refractivity contribution in [3.8, 4) is 0 Å². The summed E-state index contributed by atoms with van der Waals surface area (Å²) in [5, 5.41) is 6.06. The Kier molecular flexibility index (Phi) is 9.59. The van der Waals surface area contributed by atoms with Gasteiger partial charge < -0.3 is 25.3 Å². The largest absolute Gasteiger partial charge is 0.371 e. The van der Waals surface area contributed by atoms with E-state index in [2.05, 4.69) is 25.5 Å². The van der Waals surface area contributed by atoms with Crippen LogP contribution in [0.4, 0.5) is 37.6 Å². The molecule has 2 aromatic carbocycles. The van der Waals surface area contributed by atoms with Gasteiger partial charge in [0.25, 0.3) is 5.91 Å². The Morgan fingerprint density at radius 1 is 0.977 bits per heavy atom. The maximum absolute atomic E-state index is 13.7. The van der Waals surface area contributed by atoms with Crippen LogP contribution < -0.4 is 20.4 Å². The first-order valence-corrected chi connectivity index (χ1v) is 15.2. The molecule has 2 saturated heterocycles. The van der Waals surface area contributed by atoms with Crippen LogP contribution in [0.15, 0.2) is 42.6 Å². The third kappa shape index (κ3) is 6.98. The third-order valence-electron chi connectivity index (χ3n) is 7.91. The highest BCUT2D eigenvalue weighted by molar-refractivity contribution is 6.33. The first-order valence-electron chi connectivity index (χ1n) is 14.8. The van der Waals surface area contributed by atoms with Crippen LogP contribution in [0.25, 0.3) is 0 Å². The number of halogens is 3. The van der Waals surface area contributed by atoms with Gasteiger partial charge in [0.1, 0.15) is 22.7 Å². The van der Waals surface area contributed by atoms with Gasteiger partial charge in [-0.15, -0.1) is 0 Å². The summed E-state index contributed by atoms with van der Waals surface area (Å²) < 4.78 is 27.4. The molecule has 12 heteroatoms. The molecule has 228 valence electrons. The van der Waals surface area contributed by atoms with E-state index in [0.29, 0.717) is 43.1 Å². The second kappa shape index (κ2) is 13.5. The summed E-state index contributed by atoms with van der Waals surface area (Å²) >= 11 is 6.47. The van der Waals surface area contributed by atoms with Crippen LogP contribution in [-0.2, 0) is 4.79 Å². The molecular formula is C31H36ClF2N7O2. The van der Waals surface area contributed by atoms with Crippen LogP contribution in [0.3, 0.4) is 0 Å². The fourth-order valence-corrected chi connectivity index (χ4v) is 5.97. The fraction of sp³-hybridized carbons (Fsp3) is 0.419. The van der Waals surface area contributed by atoms with E-state index in [9.17, 15) is 18.4 Å². The maximum atomic E-state index is 13.7. The van der Waals surface area contributed by atoms with Gasteiger partial charge >= 0.3 is 0 Å². The number of nitrogens with one attached hydrogen (secondary N) is 2. The van der Waals surface area contributed by atoms with Crippen LogP contribution in [0.1, 0.15) is 56.3 Å². The van der Waals surface area contributed by atoms with E-state index >= 15 is 0 Å². The predicted molar refractivity (Wildman–Crippen MR) is 165 cm³/mol. The highest BCUT2D eigenvalue weighted by atomic mass is 35.5. The van der Waals surface area contributed by atoms with E-state index in [1.165, 1.54) is 12.6 Å². The summed E-state index contributed by atoms with van der Waals surface area (Å²) in [5.41, 5.74) is 2.15. The van der Waals surface area contributed by atoms with Crippen molar-refractivity contribution < 1.29 is 18.4 Å². The number of carbonyl (C=O) groups excluding carboxylic acids is 2. The number of rotatable bonds is 9. The number of aromatic nitrogens is 2. The monoisotopic (exact) mass is 611 g/mol. The van der Waals surface area contributed by atoms with Crippen molar-refractivity contribution in [2.24, 2.45) is 0 Å². The number of carbonyl (C=O) groups is 2. The highest BCUT2D eigenvalue weighted by Crippen LogP contribution is 2.33. The van der Waals surface area contributed by atoms with Gasteiger partial charge in [-0.25, -0.2) is 13.8 Å². The van der Waals surface area contributed by atoms with Crippen LogP contribution >= 0.6 is 11.6 Å². The predicted octanol–water partition coefficient (Wildman–Crippen LogP) is 6.23. The van der Waals surface area contributed by atoms with Gasteiger partial charge in [-0.1, -0.05) is 11.6 Å². The minimum Gasteiger partial charge on any atom is -0.371 e. The third-order valence-corrected chi connectivity index (χ3v) is 8.18. The second-order valence-electron chi connectivity index (χ2n) is 10.7. The molecule has 1 atom stereocenters. The Labute approximate surface area is 255 Å². The number of hydrogen-bond acceptors (Lipinski definition) is 7. The van der Waals surface area contributed by atoms with E-state index in [1.807, 2.05) is 26.0 Å². The molecule has 2 fully saturated rings. The van der Waals surface area contributed by atoms with E-state index in [-0.39, 0.29) is 28.5 Å². The van der Waals surface area contributed by atoms with E-state index < -0.39 is 17.7 Å². The Hall–Kier alpha value is -3.99. The van der Waals surface area contributed by atoms with Crippen LogP contribution in [0.2, 0.25) is 5.02 Å². The number of amides is 2. The molecule has 2 amide bonds. The molecule has 0 unspecified atom stereocenters. The first kappa shape index (κ1) is 30.5. The summed E-state index contributed by atoms with van der Waals surface area (Å²) in [7, 11) is 0. The Balaban J connectivity index is 1.37. The SMILES string of the molecule is CCN(CC)C(=O)c1cc(NC(=O)[C@@H]2CCCN2c2nc(Nc3cc(F)cc(F)c3)ncc2Cl)ccc1N1CCCCC1. The standard InChI is InChI=1S/C31H36ClF2N7O2/c1-3-39(4-2)30(43)24-18-22(10-11-26(24)40-12-6-5-7-13-40)36-29(42)27-9-8-14-41(27)28-25(32)19-35-31(38-28)37-23-16-20(33)15-21(34)17-23/h10-11,15-19,27H,3-9,12-14H2,1-2H3,(H,36,42)(H,35,37,38)/t27-/m0/s1. The zero-order chi connectivity index (χ0) is 30.5. The summed E-state index contributed by atoms with van der Waals surface area (Å²) in [6, 6.07) is 8.01.